The number of hydrogen-bond donors (Lipinski definition) is 0. The number of esters is 2. The van der Waals surface area contributed by atoms with Gasteiger partial charge in [0.1, 0.15) is 0 Å². The Hall–Kier alpha value is -0.620. The van der Waals surface area contributed by atoms with Gasteiger partial charge in [0.15, 0.2) is 0 Å². The van der Waals surface area contributed by atoms with E-state index in [-0.39, 0.29) is 54.3 Å². The fourth-order valence-electron chi connectivity index (χ4n) is 1.37. The Balaban J connectivity index is 0.00000289. The Morgan fingerprint density at radius 3 is 1.78 bits per heavy atom. The van der Waals surface area contributed by atoms with Crippen LogP contribution in [-0.2, 0) is 44.5 Å². The van der Waals surface area contributed by atoms with E-state index in [1.54, 1.807) is 18.2 Å². The monoisotopic (exact) mass is 276 g/mol. The minimum Gasteiger partial charge on any atom is -0.779 e. The summed E-state index contributed by atoms with van der Waals surface area (Å²) in [7, 11) is 2.65. The molecule has 1 aromatic rings. The maximum Gasteiger partial charge on any atom is 1.00 e. The van der Waals surface area contributed by atoms with Crippen molar-refractivity contribution in [2.75, 3.05) is 14.2 Å². The average molecular weight is 276 g/mol. The molecule has 6 heteroatoms. The van der Waals surface area contributed by atoms with Crippen LogP contribution in [0.5, 0.6) is 0 Å². The maximum absolute atomic E-state index is 11.2. The second-order valence-electron chi connectivity index (χ2n) is 3.41. The Labute approximate surface area is 134 Å². The van der Waals surface area contributed by atoms with Crippen LogP contribution in [-0.4, -0.2) is 26.2 Å². The molecule has 1 rings (SSSR count). The van der Waals surface area contributed by atoms with Crippen LogP contribution in [0, 0.1) is 0 Å². The largest absolute Gasteiger partial charge is 1.00 e. The van der Waals surface area contributed by atoms with Crippen molar-refractivity contribution in [1.82, 2.24) is 0 Å². The third-order valence-corrected chi connectivity index (χ3v) is 2.83. The van der Waals surface area contributed by atoms with Gasteiger partial charge in [-0.1, -0.05) is 29.3 Å². The van der Waals surface area contributed by atoms with Gasteiger partial charge < -0.3 is 22.1 Å². The van der Waals surface area contributed by atoms with Crippen LogP contribution in [0.25, 0.3) is 0 Å². The normalized spacial score (nSPS) is 9.22. The van der Waals surface area contributed by atoms with E-state index in [2.05, 4.69) is 9.47 Å². The summed E-state index contributed by atoms with van der Waals surface area (Å²) >= 11 is 5.21. The molecule has 0 aliphatic carbocycles. The molecule has 4 nitrogen and oxygen atoms in total. The maximum atomic E-state index is 11.2. The molecular weight excluding hydrogens is 263 g/mol. The van der Waals surface area contributed by atoms with Crippen LogP contribution in [0.4, 0.5) is 0 Å². The number of benzene rings is 1. The Bertz CT molecular complexity index is 398. The molecule has 0 atom stereocenters. The van der Waals surface area contributed by atoms with Crippen molar-refractivity contribution < 1.29 is 48.6 Å². The van der Waals surface area contributed by atoms with E-state index >= 15 is 0 Å². The molecule has 0 heterocycles. The summed E-state index contributed by atoms with van der Waals surface area (Å²) in [5.74, 6) is -0.711. The fourth-order valence-corrected chi connectivity index (χ4v) is 1.65. The van der Waals surface area contributed by atoms with Crippen molar-refractivity contribution in [3.63, 3.8) is 0 Å². The van der Waals surface area contributed by atoms with Gasteiger partial charge in [-0.2, -0.15) is 4.90 Å². The molecule has 0 aliphatic heterocycles. The zero-order chi connectivity index (χ0) is 12.8. The van der Waals surface area contributed by atoms with Gasteiger partial charge in [-0.15, -0.1) is 0 Å². The molecule has 0 aliphatic rings. The molecule has 1 aromatic carbocycles. The number of carbonyl (C=O) groups is 2. The number of hydrogen-bond acceptors (Lipinski definition) is 5. The van der Waals surface area contributed by atoms with Crippen molar-refractivity contribution in [3.05, 3.63) is 29.3 Å². The Morgan fingerprint density at radius 1 is 1.06 bits per heavy atom. The SMILES string of the molecule is COC(=O)Cc1cccc(CC(=O)OC)c1[S-].[Na+]. The van der Waals surface area contributed by atoms with E-state index in [4.69, 9.17) is 12.6 Å². The number of carbonyl (C=O) groups excluding carboxylic acids is 2. The summed E-state index contributed by atoms with van der Waals surface area (Å²) in [5, 5.41) is 0. The molecule has 0 unspecified atom stereocenters. The first kappa shape index (κ1) is 17.4. The molecule has 18 heavy (non-hydrogen) atoms. The van der Waals surface area contributed by atoms with Gasteiger partial charge in [-0.3, -0.25) is 9.59 Å². The summed E-state index contributed by atoms with van der Waals surface area (Å²) in [6.07, 6.45) is 0.231. The second-order valence-corrected chi connectivity index (χ2v) is 3.82. The average Bonchev–Trinajstić information content (AvgIpc) is 2.33. The Kier molecular flexibility index (Phi) is 8.18. The van der Waals surface area contributed by atoms with Crippen molar-refractivity contribution in [2.45, 2.75) is 17.7 Å². The minimum absolute atomic E-state index is 0. The number of methoxy groups -OCH3 is 2. The van der Waals surface area contributed by atoms with E-state index in [0.29, 0.717) is 16.0 Å². The molecule has 0 spiro atoms. The molecule has 0 saturated heterocycles. The van der Waals surface area contributed by atoms with E-state index in [0.717, 1.165) is 0 Å². The third kappa shape index (κ3) is 4.94. The summed E-state index contributed by atoms with van der Waals surface area (Å²) in [6.45, 7) is 0. The molecule has 0 aromatic heterocycles. The Morgan fingerprint density at radius 2 is 1.44 bits per heavy atom. The van der Waals surface area contributed by atoms with Crippen LogP contribution in [0.15, 0.2) is 23.1 Å². The smallest absolute Gasteiger partial charge is 0.779 e. The first-order valence-electron chi connectivity index (χ1n) is 5.00. The quantitative estimate of drug-likeness (QED) is 0.363. The van der Waals surface area contributed by atoms with Crippen LogP contribution >= 0.6 is 0 Å². The molecule has 0 saturated carbocycles. The summed E-state index contributed by atoms with van der Waals surface area (Å²) in [6, 6.07) is 5.26. The van der Waals surface area contributed by atoms with Crippen molar-refractivity contribution in [1.29, 1.82) is 0 Å². The van der Waals surface area contributed by atoms with Crippen LogP contribution in [0.3, 0.4) is 0 Å². The zero-order valence-electron chi connectivity index (χ0n) is 10.7. The molecule has 92 valence electrons. The molecule has 0 bridgehead atoms. The number of ether oxygens (including phenoxy) is 2. The van der Waals surface area contributed by atoms with Gasteiger partial charge in [0.2, 0.25) is 0 Å². The van der Waals surface area contributed by atoms with E-state index in [1.165, 1.54) is 14.2 Å². The van der Waals surface area contributed by atoms with Crippen LogP contribution in [0.2, 0.25) is 0 Å². The topological polar surface area (TPSA) is 52.6 Å². The fraction of sp³-hybridized carbons (Fsp3) is 0.333. The van der Waals surface area contributed by atoms with Gasteiger partial charge in [0.25, 0.3) is 0 Å². The predicted octanol–water partition coefficient (Wildman–Crippen LogP) is -1.97. The van der Waals surface area contributed by atoms with Gasteiger partial charge in [0.05, 0.1) is 27.1 Å². The molecule has 0 fully saturated rings. The van der Waals surface area contributed by atoms with Gasteiger partial charge in [-0.05, 0) is 0 Å². The van der Waals surface area contributed by atoms with Gasteiger partial charge in [0, 0.05) is 0 Å². The number of rotatable bonds is 4. The van der Waals surface area contributed by atoms with Crippen molar-refractivity contribution in [2.24, 2.45) is 0 Å². The van der Waals surface area contributed by atoms with Crippen LogP contribution < -0.4 is 29.6 Å². The first-order valence-corrected chi connectivity index (χ1v) is 5.40. The molecular formula is C12H13NaO4S. The molecule has 0 radical (unpaired) electrons. The standard InChI is InChI=1S/C12H14O4S.Na/c1-15-10(13)6-8-4-3-5-9(12(8)17)7-11(14)16-2;/h3-5,17H,6-7H2,1-2H3;/q;+1/p-1. The van der Waals surface area contributed by atoms with Gasteiger partial charge in [-0.25, -0.2) is 0 Å². The van der Waals surface area contributed by atoms with E-state index < -0.39 is 0 Å². The summed E-state index contributed by atoms with van der Waals surface area (Å²) < 4.78 is 9.15. The van der Waals surface area contributed by atoms with E-state index in [1.807, 2.05) is 0 Å². The zero-order valence-corrected chi connectivity index (χ0v) is 13.5. The molecule has 0 amide bonds. The van der Waals surface area contributed by atoms with Crippen molar-refractivity contribution >= 4 is 24.6 Å². The third-order valence-electron chi connectivity index (χ3n) is 2.30. The molecule has 0 N–H and O–H groups in total. The van der Waals surface area contributed by atoms with Gasteiger partial charge >= 0.3 is 41.5 Å². The summed E-state index contributed by atoms with van der Waals surface area (Å²) in [4.78, 5) is 22.8. The van der Waals surface area contributed by atoms with Crippen molar-refractivity contribution in [3.8, 4) is 0 Å². The predicted molar refractivity (Wildman–Crippen MR) is 63.5 cm³/mol. The minimum atomic E-state index is -0.355. The first-order chi connectivity index (χ1) is 8.08. The second kappa shape index (κ2) is 8.48. The van der Waals surface area contributed by atoms with E-state index in [9.17, 15) is 9.59 Å². The summed E-state index contributed by atoms with van der Waals surface area (Å²) in [5.41, 5.74) is 1.38. The van der Waals surface area contributed by atoms with Crippen LogP contribution in [0.1, 0.15) is 11.1 Å².